The monoisotopic (exact) mass is 392 g/mol. The first-order valence-corrected chi connectivity index (χ1v) is 11.8. The quantitative estimate of drug-likeness (QED) is 0.639. The van der Waals surface area contributed by atoms with Gasteiger partial charge in [-0.05, 0) is 62.8 Å². The molecule has 0 aromatic heterocycles. The third-order valence-corrected chi connectivity index (χ3v) is 7.49. The Morgan fingerprint density at radius 3 is 2.33 bits per heavy atom. The van der Waals surface area contributed by atoms with Crippen LogP contribution in [0, 0.1) is 5.92 Å². The molecule has 2 aliphatic rings. The van der Waals surface area contributed by atoms with Gasteiger partial charge in [0.25, 0.3) is 0 Å². The van der Waals surface area contributed by atoms with E-state index in [1.165, 1.54) is 0 Å². The fourth-order valence-electron chi connectivity index (χ4n) is 3.80. The summed E-state index contributed by atoms with van der Waals surface area (Å²) >= 11 is 0. The summed E-state index contributed by atoms with van der Waals surface area (Å²) in [6.07, 6.45) is 6.36. The molecular weight excluding hydrogens is 360 g/mol. The molecule has 27 heavy (non-hydrogen) atoms. The van der Waals surface area contributed by atoms with Crippen LogP contribution in [0.4, 0.5) is 5.69 Å². The van der Waals surface area contributed by atoms with Crippen molar-refractivity contribution in [3.8, 4) is 0 Å². The number of hydrogen-bond acceptors (Lipinski definition) is 3. The second kappa shape index (κ2) is 8.31. The number of rotatable bonds is 9. The lowest BCUT2D eigenvalue weighted by Crippen LogP contribution is -2.36. The molecule has 150 valence electrons. The van der Waals surface area contributed by atoms with E-state index in [9.17, 15) is 13.2 Å². The second-order valence-corrected chi connectivity index (χ2v) is 9.88. The molecule has 1 fully saturated rings. The molecule has 1 aromatic rings. The lowest BCUT2D eigenvalue weighted by Gasteiger charge is -2.24. The molecule has 1 amide bonds. The molecule has 1 aliphatic carbocycles. The summed E-state index contributed by atoms with van der Waals surface area (Å²) in [6, 6.07) is 5.42. The smallest absolute Gasteiger partial charge is 0.243 e. The van der Waals surface area contributed by atoms with Crippen molar-refractivity contribution in [1.29, 1.82) is 0 Å². The van der Waals surface area contributed by atoms with Crippen molar-refractivity contribution in [2.75, 3.05) is 18.0 Å². The minimum absolute atomic E-state index is 0.0994. The van der Waals surface area contributed by atoms with Gasteiger partial charge in [-0.2, -0.15) is 4.31 Å². The largest absolute Gasteiger partial charge is 0.309 e. The maximum absolute atomic E-state index is 13.2. The summed E-state index contributed by atoms with van der Waals surface area (Å²) in [5, 5.41) is 0. The number of benzene rings is 1. The number of hydrogen-bond donors (Lipinski definition) is 0. The number of unbranched alkanes of at least 4 members (excludes halogenated alkanes) is 2. The highest BCUT2D eigenvalue weighted by Crippen LogP contribution is 2.39. The van der Waals surface area contributed by atoms with Crippen LogP contribution in [0.25, 0.3) is 0 Å². The van der Waals surface area contributed by atoms with Crippen molar-refractivity contribution in [3.05, 3.63) is 23.8 Å². The van der Waals surface area contributed by atoms with E-state index in [-0.39, 0.29) is 17.9 Å². The van der Waals surface area contributed by atoms with Gasteiger partial charge in [0.2, 0.25) is 15.9 Å². The molecule has 1 atom stereocenters. The summed E-state index contributed by atoms with van der Waals surface area (Å²) < 4.78 is 28.0. The maximum atomic E-state index is 13.2. The molecule has 0 saturated heterocycles. The number of anilines is 1. The predicted molar refractivity (Wildman–Crippen MR) is 108 cm³/mol. The molecule has 1 aliphatic heterocycles. The van der Waals surface area contributed by atoms with Crippen LogP contribution in [0.15, 0.2) is 23.1 Å². The van der Waals surface area contributed by atoms with Crippen LogP contribution in [0.1, 0.15) is 64.9 Å². The van der Waals surface area contributed by atoms with Gasteiger partial charge < -0.3 is 4.90 Å². The molecule has 1 saturated carbocycles. The first kappa shape index (κ1) is 20.3. The minimum Gasteiger partial charge on any atom is -0.309 e. The van der Waals surface area contributed by atoms with Gasteiger partial charge in [0.15, 0.2) is 0 Å². The minimum atomic E-state index is -3.50. The average Bonchev–Trinajstić information content (AvgIpc) is 3.43. The first-order valence-electron chi connectivity index (χ1n) is 10.4. The highest BCUT2D eigenvalue weighted by atomic mass is 32.2. The average molecular weight is 393 g/mol. The lowest BCUT2D eigenvalue weighted by atomic mass is 10.1. The number of nitrogens with zero attached hydrogens (tertiary/aromatic N) is 2. The predicted octanol–water partition coefficient (Wildman–Crippen LogP) is 3.97. The second-order valence-electron chi connectivity index (χ2n) is 7.94. The molecule has 1 heterocycles. The van der Waals surface area contributed by atoms with Gasteiger partial charge in [-0.3, -0.25) is 4.79 Å². The van der Waals surface area contributed by atoms with E-state index < -0.39 is 10.0 Å². The Morgan fingerprint density at radius 2 is 1.78 bits per heavy atom. The molecule has 0 unspecified atom stereocenters. The van der Waals surface area contributed by atoms with Crippen LogP contribution in [-0.2, 0) is 21.2 Å². The normalized spacial score (nSPS) is 19.6. The van der Waals surface area contributed by atoms with Crippen molar-refractivity contribution in [2.24, 2.45) is 5.92 Å². The Hall–Kier alpha value is -1.40. The number of amides is 1. The van der Waals surface area contributed by atoms with Gasteiger partial charge in [-0.25, -0.2) is 8.42 Å². The highest BCUT2D eigenvalue weighted by molar-refractivity contribution is 7.89. The standard InChI is InChI=1S/C21H32N2O3S/c1-4-6-12-22(13-7-5-2)27(25,26)19-10-11-20-18(15-19)14-16(3)23(20)21(24)17-8-9-17/h10-11,15-17H,4-9,12-14H2,1-3H3/t16-/m1/s1. The molecule has 0 spiro atoms. The molecule has 0 radical (unpaired) electrons. The molecule has 1 aromatic carbocycles. The fraction of sp³-hybridized carbons (Fsp3) is 0.667. The highest BCUT2D eigenvalue weighted by Gasteiger charge is 2.40. The van der Waals surface area contributed by atoms with Gasteiger partial charge in [-0.1, -0.05) is 26.7 Å². The Bertz CT molecular complexity index is 779. The van der Waals surface area contributed by atoms with E-state index in [0.29, 0.717) is 18.0 Å². The van der Waals surface area contributed by atoms with Crippen molar-refractivity contribution in [1.82, 2.24) is 4.31 Å². The van der Waals surface area contributed by atoms with Crippen LogP contribution in [0.2, 0.25) is 0 Å². The van der Waals surface area contributed by atoms with Crippen molar-refractivity contribution < 1.29 is 13.2 Å². The summed E-state index contributed by atoms with van der Waals surface area (Å²) in [7, 11) is -3.50. The van der Waals surface area contributed by atoms with Crippen LogP contribution in [0.5, 0.6) is 0 Å². The third kappa shape index (κ3) is 4.21. The zero-order valence-electron chi connectivity index (χ0n) is 16.8. The Balaban J connectivity index is 1.86. The SMILES string of the molecule is CCCCN(CCCC)S(=O)(=O)c1ccc2c(c1)C[C@@H](C)N2C(=O)C1CC1. The van der Waals surface area contributed by atoms with Crippen LogP contribution >= 0.6 is 0 Å². The topological polar surface area (TPSA) is 57.7 Å². The van der Waals surface area contributed by atoms with Gasteiger partial charge in [-0.15, -0.1) is 0 Å². The number of carbonyl (C=O) groups is 1. The van der Waals surface area contributed by atoms with E-state index in [1.54, 1.807) is 16.4 Å². The summed E-state index contributed by atoms with van der Waals surface area (Å²) in [5.74, 6) is 0.366. The van der Waals surface area contributed by atoms with Gasteiger partial charge in [0, 0.05) is 30.7 Å². The molecule has 6 heteroatoms. The van der Waals surface area contributed by atoms with E-state index in [2.05, 4.69) is 13.8 Å². The zero-order valence-corrected chi connectivity index (χ0v) is 17.6. The van der Waals surface area contributed by atoms with E-state index in [1.807, 2.05) is 17.9 Å². The Kier molecular flexibility index (Phi) is 6.26. The maximum Gasteiger partial charge on any atom is 0.243 e. The number of fused-ring (bicyclic) bond motifs is 1. The summed E-state index contributed by atoms with van der Waals surface area (Å²) in [6.45, 7) is 7.33. The zero-order chi connectivity index (χ0) is 19.6. The van der Waals surface area contributed by atoms with Gasteiger partial charge in [0.1, 0.15) is 0 Å². The van der Waals surface area contributed by atoms with Crippen LogP contribution in [0.3, 0.4) is 0 Å². The lowest BCUT2D eigenvalue weighted by molar-refractivity contribution is -0.120. The Labute approximate surface area is 163 Å². The fourth-order valence-corrected chi connectivity index (χ4v) is 5.37. The Morgan fingerprint density at radius 1 is 1.15 bits per heavy atom. The van der Waals surface area contributed by atoms with Gasteiger partial charge in [0.05, 0.1) is 4.90 Å². The van der Waals surface area contributed by atoms with E-state index >= 15 is 0 Å². The molecule has 0 bridgehead atoms. The molecular formula is C21H32N2O3S. The van der Waals surface area contributed by atoms with E-state index in [0.717, 1.165) is 56.2 Å². The van der Waals surface area contributed by atoms with Crippen molar-refractivity contribution in [3.63, 3.8) is 0 Å². The molecule has 3 rings (SSSR count). The molecule has 5 nitrogen and oxygen atoms in total. The van der Waals surface area contributed by atoms with Crippen LogP contribution < -0.4 is 4.90 Å². The molecule has 0 N–H and O–H groups in total. The van der Waals surface area contributed by atoms with Gasteiger partial charge >= 0.3 is 0 Å². The number of sulfonamides is 1. The van der Waals surface area contributed by atoms with Crippen molar-refractivity contribution in [2.45, 2.75) is 76.7 Å². The summed E-state index contributed by atoms with van der Waals surface area (Å²) in [4.78, 5) is 14.9. The number of carbonyl (C=O) groups excluding carboxylic acids is 1. The summed E-state index contributed by atoms with van der Waals surface area (Å²) in [5.41, 5.74) is 1.87. The van der Waals surface area contributed by atoms with E-state index in [4.69, 9.17) is 0 Å². The third-order valence-electron chi connectivity index (χ3n) is 5.59. The first-order chi connectivity index (χ1) is 12.9. The van der Waals surface area contributed by atoms with Crippen LogP contribution in [-0.4, -0.2) is 37.8 Å². The van der Waals surface area contributed by atoms with Crippen molar-refractivity contribution >= 4 is 21.6 Å².